The Morgan fingerprint density at radius 3 is 2.67 bits per heavy atom. The number of halogens is 4. The Morgan fingerprint density at radius 1 is 1.33 bits per heavy atom. The molecule has 1 aromatic heterocycles. The summed E-state index contributed by atoms with van der Waals surface area (Å²) in [4.78, 5) is 4.10. The molecule has 0 unspecified atom stereocenters. The second kappa shape index (κ2) is 6.15. The summed E-state index contributed by atoms with van der Waals surface area (Å²) >= 11 is 3.19. The molecule has 0 aliphatic rings. The minimum Gasteiger partial charge on any atom is -0.334 e. The van der Waals surface area contributed by atoms with E-state index >= 15 is 0 Å². The lowest BCUT2D eigenvalue weighted by atomic mass is 10.1. The Balaban J connectivity index is 2.29. The molecule has 0 amide bonds. The Bertz CT molecular complexity index is 625. The number of benzene rings is 1. The molecule has 0 spiro atoms. The van der Waals surface area contributed by atoms with Crippen molar-refractivity contribution in [2.75, 3.05) is 0 Å². The van der Waals surface area contributed by atoms with E-state index in [0.717, 1.165) is 12.1 Å². The van der Waals surface area contributed by atoms with Crippen molar-refractivity contribution in [3.05, 3.63) is 34.1 Å². The van der Waals surface area contributed by atoms with Gasteiger partial charge in [0.25, 0.3) is 5.89 Å². The fourth-order valence-electron chi connectivity index (χ4n) is 1.60. The minimum atomic E-state index is -4.42. The lowest BCUT2D eigenvalue weighted by Crippen LogP contribution is -2.22. The van der Waals surface area contributed by atoms with Crippen LogP contribution in [0.5, 0.6) is 0 Å². The maximum atomic E-state index is 12.7. The Morgan fingerprint density at radius 2 is 2.05 bits per heavy atom. The van der Waals surface area contributed by atoms with Crippen molar-refractivity contribution >= 4 is 15.9 Å². The summed E-state index contributed by atoms with van der Waals surface area (Å²) in [6, 6.07) is 3.53. The Hall–Kier alpha value is -1.41. The second-order valence-electron chi connectivity index (χ2n) is 4.74. The first kappa shape index (κ1) is 16.0. The zero-order valence-corrected chi connectivity index (χ0v) is 12.9. The van der Waals surface area contributed by atoms with Gasteiger partial charge in [-0.15, -0.1) is 0 Å². The molecule has 1 N–H and O–H groups in total. The molecular weight excluding hydrogens is 351 g/mol. The highest BCUT2D eigenvalue weighted by atomic mass is 79.9. The molecule has 114 valence electrons. The molecule has 0 saturated carbocycles. The van der Waals surface area contributed by atoms with Gasteiger partial charge >= 0.3 is 6.18 Å². The van der Waals surface area contributed by atoms with E-state index < -0.39 is 11.7 Å². The first-order valence-electron chi connectivity index (χ1n) is 6.20. The molecule has 0 aliphatic heterocycles. The monoisotopic (exact) mass is 363 g/mol. The zero-order valence-electron chi connectivity index (χ0n) is 11.3. The highest BCUT2D eigenvalue weighted by Gasteiger charge is 2.31. The molecule has 0 fully saturated rings. The molecular formula is C13H13BrF3N3O. The zero-order chi connectivity index (χ0) is 15.6. The van der Waals surface area contributed by atoms with E-state index in [0.29, 0.717) is 16.8 Å². The summed E-state index contributed by atoms with van der Waals surface area (Å²) in [6.07, 6.45) is -4.42. The third-order valence-corrected chi connectivity index (χ3v) is 3.35. The standard InChI is InChI=1S/C13H13BrF3N3O/c1-7(2)18-6-11-19-12(21-20-11)9-5-8(13(15,16)17)3-4-10(9)14/h3-5,7,18H,6H2,1-2H3. The molecule has 0 atom stereocenters. The lowest BCUT2D eigenvalue weighted by Gasteiger charge is -2.08. The van der Waals surface area contributed by atoms with Gasteiger partial charge in [0, 0.05) is 10.5 Å². The van der Waals surface area contributed by atoms with Crippen LogP contribution in [0.15, 0.2) is 27.2 Å². The van der Waals surface area contributed by atoms with E-state index in [9.17, 15) is 13.2 Å². The number of aromatic nitrogens is 2. The number of nitrogens with one attached hydrogen (secondary N) is 1. The second-order valence-corrected chi connectivity index (χ2v) is 5.60. The smallest absolute Gasteiger partial charge is 0.334 e. The summed E-state index contributed by atoms with van der Waals surface area (Å²) in [6.45, 7) is 4.31. The van der Waals surface area contributed by atoms with Gasteiger partial charge in [0.2, 0.25) is 0 Å². The van der Waals surface area contributed by atoms with Crippen molar-refractivity contribution in [2.24, 2.45) is 0 Å². The van der Waals surface area contributed by atoms with Gasteiger partial charge < -0.3 is 9.84 Å². The fourth-order valence-corrected chi connectivity index (χ4v) is 2.01. The largest absolute Gasteiger partial charge is 0.416 e. The van der Waals surface area contributed by atoms with Crippen LogP contribution in [0.2, 0.25) is 0 Å². The van der Waals surface area contributed by atoms with Crippen LogP contribution in [-0.4, -0.2) is 16.2 Å². The predicted molar refractivity (Wildman–Crippen MR) is 74.4 cm³/mol. The van der Waals surface area contributed by atoms with Crippen LogP contribution in [0.1, 0.15) is 25.2 Å². The molecule has 0 saturated heterocycles. The first-order valence-corrected chi connectivity index (χ1v) is 6.99. The summed E-state index contributed by atoms with van der Waals surface area (Å²) in [5.74, 6) is 0.441. The molecule has 8 heteroatoms. The van der Waals surface area contributed by atoms with E-state index in [-0.39, 0.29) is 17.5 Å². The Kier molecular flexibility index (Phi) is 4.67. The van der Waals surface area contributed by atoms with Crippen LogP contribution in [0.4, 0.5) is 13.2 Å². The van der Waals surface area contributed by atoms with Crippen molar-refractivity contribution in [2.45, 2.75) is 32.6 Å². The quantitative estimate of drug-likeness (QED) is 0.891. The summed E-state index contributed by atoms with van der Waals surface area (Å²) in [5, 5.41) is 6.85. The summed E-state index contributed by atoms with van der Waals surface area (Å²) < 4.78 is 43.7. The van der Waals surface area contributed by atoms with Gasteiger partial charge in [0.15, 0.2) is 5.82 Å². The number of rotatable bonds is 4. The number of nitrogens with zero attached hydrogens (tertiary/aromatic N) is 2. The third-order valence-electron chi connectivity index (χ3n) is 2.66. The molecule has 0 radical (unpaired) electrons. The summed E-state index contributed by atoms with van der Waals surface area (Å²) in [5.41, 5.74) is -0.547. The van der Waals surface area contributed by atoms with E-state index in [2.05, 4.69) is 31.4 Å². The fraction of sp³-hybridized carbons (Fsp3) is 0.385. The van der Waals surface area contributed by atoms with Crippen LogP contribution >= 0.6 is 15.9 Å². The van der Waals surface area contributed by atoms with Gasteiger partial charge in [-0.1, -0.05) is 19.0 Å². The van der Waals surface area contributed by atoms with Crippen LogP contribution < -0.4 is 5.32 Å². The van der Waals surface area contributed by atoms with Crippen molar-refractivity contribution in [3.8, 4) is 11.5 Å². The van der Waals surface area contributed by atoms with E-state index in [1.54, 1.807) is 0 Å². The van der Waals surface area contributed by atoms with Gasteiger partial charge in [0.1, 0.15) is 0 Å². The predicted octanol–water partition coefficient (Wildman–Crippen LogP) is 4.02. The normalized spacial score (nSPS) is 12.1. The van der Waals surface area contributed by atoms with Gasteiger partial charge in [-0.2, -0.15) is 18.2 Å². The van der Waals surface area contributed by atoms with Gasteiger partial charge in [-0.25, -0.2) is 0 Å². The molecule has 4 nitrogen and oxygen atoms in total. The van der Waals surface area contributed by atoms with Crippen molar-refractivity contribution in [3.63, 3.8) is 0 Å². The average Bonchev–Trinajstić information content (AvgIpc) is 2.84. The van der Waals surface area contributed by atoms with Gasteiger partial charge in [0.05, 0.1) is 17.7 Å². The number of alkyl halides is 3. The third kappa shape index (κ3) is 4.04. The molecule has 1 aromatic carbocycles. The van der Waals surface area contributed by atoms with Crippen molar-refractivity contribution in [1.82, 2.24) is 15.5 Å². The van der Waals surface area contributed by atoms with Gasteiger partial charge in [-0.05, 0) is 34.1 Å². The molecule has 1 heterocycles. The van der Waals surface area contributed by atoms with Gasteiger partial charge in [-0.3, -0.25) is 0 Å². The van der Waals surface area contributed by atoms with Crippen LogP contribution in [0.25, 0.3) is 11.5 Å². The molecule has 2 aromatic rings. The maximum absolute atomic E-state index is 12.7. The number of hydrogen-bond acceptors (Lipinski definition) is 4. The summed E-state index contributed by atoms with van der Waals surface area (Å²) in [7, 11) is 0. The number of hydrogen-bond donors (Lipinski definition) is 1. The first-order chi connectivity index (χ1) is 9.77. The van der Waals surface area contributed by atoms with E-state index in [4.69, 9.17) is 4.52 Å². The molecule has 0 bridgehead atoms. The average molecular weight is 364 g/mol. The minimum absolute atomic E-state index is 0.0496. The van der Waals surface area contributed by atoms with E-state index in [1.165, 1.54) is 6.07 Å². The highest BCUT2D eigenvalue weighted by Crippen LogP contribution is 2.35. The van der Waals surface area contributed by atoms with Crippen molar-refractivity contribution in [1.29, 1.82) is 0 Å². The lowest BCUT2D eigenvalue weighted by molar-refractivity contribution is -0.137. The van der Waals surface area contributed by atoms with E-state index in [1.807, 2.05) is 13.8 Å². The van der Waals surface area contributed by atoms with Crippen LogP contribution in [-0.2, 0) is 12.7 Å². The highest BCUT2D eigenvalue weighted by molar-refractivity contribution is 9.10. The van der Waals surface area contributed by atoms with Crippen LogP contribution in [0, 0.1) is 0 Å². The molecule has 0 aliphatic carbocycles. The van der Waals surface area contributed by atoms with Crippen molar-refractivity contribution < 1.29 is 17.7 Å². The Labute approximate surface area is 127 Å². The molecule has 21 heavy (non-hydrogen) atoms. The van der Waals surface area contributed by atoms with Crippen LogP contribution in [0.3, 0.4) is 0 Å². The topological polar surface area (TPSA) is 51.0 Å². The maximum Gasteiger partial charge on any atom is 0.416 e. The molecule has 2 rings (SSSR count). The SMILES string of the molecule is CC(C)NCc1noc(-c2cc(C(F)(F)F)ccc2Br)n1.